The topological polar surface area (TPSA) is 46.2 Å². The lowest BCUT2D eigenvalue weighted by Crippen LogP contribution is -2.23. The zero-order valence-electron chi connectivity index (χ0n) is 6.97. The molecule has 1 saturated carbocycles. The van der Waals surface area contributed by atoms with Crippen molar-refractivity contribution in [2.75, 3.05) is 6.54 Å². The molecule has 1 aliphatic carbocycles. The lowest BCUT2D eigenvalue weighted by molar-refractivity contribution is -0.00539. The maximum absolute atomic E-state index is 12.7. The van der Waals surface area contributed by atoms with E-state index in [1.54, 1.807) is 0 Å². The van der Waals surface area contributed by atoms with Gasteiger partial charge in [-0.25, -0.2) is 8.78 Å². The predicted octanol–water partition coefficient (Wildman–Crippen LogP) is 1.13. The molecule has 0 saturated heterocycles. The zero-order valence-corrected chi connectivity index (χ0v) is 6.97. The predicted molar refractivity (Wildman–Crippen MR) is 42.0 cm³/mol. The van der Waals surface area contributed by atoms with Crippen LogP contribution in [-0.2, 0) is 0 Å². The van der Waals surface area contributed by atoms with Crippen LogP contribution in [0, 0.1) is 5.92 Å². The van der Waals surface area contributed by atoms with Gasteiger partial charge >= 0.3 is 0 Å². The van der Waals surface area contributed by atoms with Gasteiger partial charge in [0.25, 0.3) is 0 Å². The summed E-state index contributed by atoms with van der Waals surface area (Å²) in [4.78, 5) is 0. The van der Waals surface area contributed by atoms with E-state index in [1.807, 2.05) is 0 Å². The summed E-state index contributed by atoms with van der Waals surface area (Å²) < 4.78 is 25.3. The van der Waals surface area contributed by atoms with Gasteiger partial charge in [0.05, 0.1) is 6.10 Å². The van der Waals surface area contributed by atoms with E-state index in [0.717, 1.165) is 0 Å². The number of aliphatic hydroxyl groups excluding tert-OH is 1. The molecule has 72 valence electrons. The molecule has 0 amide bonds. The summed E-state index contributed by atoms with van der Waals surface area (Å²) >= 11 is 0. The third kappa shape index (κ3) is 2.38. The maximum atomic E-state index is 12.7. The maximum Gasteiger partial charge on any atom is 0.248 e. The highest BCUT2D eigenvalue weighted by molar-refractivity contribution is 4.85. The molecule has 0 aromatic rings. The quantitative estimate of drug-likeness (QED) is 0.682. The molecular weight excluding hydrogens is 164 g/mol. The van der Waals surface area contributed by atoms with Gasteiger partial charge < -0.3 is 10.8 Å². The van der Waals surface area contributed by atoms with Gasteiger partial charge in [0, 0.05) is 12.8 Å². The van der Waals surface area contributed by atoms with Crippen LogP contribution in [0.5, 0.6) is 0 Å². The second-order valence-corrected chi connectivity index (χ2v) is 3.50. The lowest BCUT2D eigenvalue weighted by Gasteiger charge is -2.16. The van der Waals surface area contributed by atoms with Crippen LogP contribution in [-0.4, -0.2) is 23.7 Å². The molecule has 1 aliphatic rings. The number of halogens is 2. The van der Waals surface area contributed by atoms with Crippen LogP contribution in [0.25, 0.3) is 0 Å². The molecule has 2 atom stereocenters. The Morgan fingerprint density at radius 2 is 2.25 bits per heavy atom. The molecule has 0 heterocycles. The number of hydrogen-bond acceptors (Lipinski definition) is 2. The molecule has 0 aromatic heterocycles. The molecule has 12 heavy (non-hydrogen) atoms. The van der Waals surface area contributed by atoms with E-state index in [4.69, 9.17) is 5.73 Å². The van der Waals surface area contributed by atoms with Crippen LogP contribution < -0.4 is 5.73 Å². The number of rotatable bonds is 3. The van der Waals surface area contributed by atoms with Crippen LogP contribution in [0.3, 0.4) is 0 Å². The van der Waals surface area contributed by atoms with E-state index in [1.165, 1.54) is 0 Å². The molecule has 0 bridgehead atoms. The van der Waals surface area contributed by atoms with Crippen molar-refractivity contribution in [3.8, 4) is 0 Å². The summed E-state index contributed by atoms with van der Waals surface area (Å²) in [6.45, 7) is 0.364. The average molecular weight is 179 g/mol. The molecule has 4 heteroatoms. The van der Waals surface area contributed by atoms with E-state index in [-0.39, 0.29) is 18.8 Å². The first-order valence-electron chi connectivity index (χ1n) is 4.31. The normalized spacial score (nSPS) is 30.5. The molecule has 0 radical (unpaired) electrons. The van der Waals surface area contributed by atoms with Crippen molar-refractivity contribution in [1.82, 2.24) is 0 Å². The third-order valence-corrected chi connectivity index (χ3v) is 2.45. The minimum atomic E-state index is -2.56. The second kappa shape index (κ2) is 3.66. The Balaban J connectivity index is 2.36. The van der Waals surface area contributed by atoms with Gasteiger partial charge in [-0.05, 0) is 25.3 Å². The first kappa shape index (κ1) is 9.86. The summed E-state index contributed by atoms with van der Waals surface area (Å²) in [7, 11) is 0. The Bertz CT molecular complexity index is 152. The summed E-state index contributed by atoms with van der Waals surface area (Å²) in [6, 6.07) is 0. The molecule has 0 aromatic carbocycles. The fraction of sp³-hybridized carbons (Fsp3) is 1.00. The molecule has 0 aliphatic heterocycles. The molecule has 2 nitrogen and oxygen atoms in total. The van der Waals surface area contributed by atoms with E-state index < -0.39 is 12.0 Å². The van der Waals surface area contributed by atoms with Crippen molar-refractivity contribution < 1.29 is 13.9 Å². The minimum absolute atomic E-state index is 0.0840. The van der Waals surface area contributed by atoms with Crippen LogP contribution >= 0.6 is 0 Å². The van der Waals surface area contributed by atoms with E-state index in [9.17, 15) is 13.9 Å². The van der Waals surface area contributed by atoms with Crippen LogP contribution in [0.4, 0.5) is 8.78 Å². The van der Waals surface area contributed by atoms with Crippen molar-refractivity contribution in [2.24, 2.45) is 11.7 Å². The van der Waals surface area contributed by atoms with Crippen molar-refractivity contribution in [3.05, 3.63) is 0 Å². The van der Waals surface area contributed by atoms with Crippen LogP contribution in [0.2, 0.25) is 0 Å². The fourth-order valence-corrected chi connectivity index (χ4v) is 1.72. The van der Waals surface area contributed by atoms with Gasteiger partial charge in [-0.1, -0.05) is 0 Å². The van der Waals surface area contributed by atoms with E-state index in [0.29, 0.717) is 19.4 Å². The molecule has 3 N–H and O–H groups in total. The van der Waals surface area contributed by atoms with Crippen LogP contribution in [0.1, 0.15) is 25.7 Å². The highest BCUT2D eigenvalue weighted by Crippen LogP contribution is 2.40. The van der Waals surface area contributed by atoms with Crippen molar-refractivity contribution in [2.45, 2.75) is 37.7 Å². The number of alkyl halides is 2. The average Bonchev–Trinajstić information content (AvgIpc) is 2.31. The van der Waals surface area contributed by atoms with Crippen LogP contribution in [0.15, 0.2) is 0 Å². The minimum Gasteiger partial charge on any atom is -0.393 e. The van der Waals surface area contributed by atoms with E-state index >= 15 is 0 Å². The number of hydrogen-bond donors (Lipinski definition) is 2. The van der Waals surface area contributed by atoms with Crippen molar-refractivity contribution in [1.29, 1.82) is 0 Å². The first-order valence-corrected chi connectivity index (χ1v) is 4.31. The van der Waals surface area contributed by atoms with Gasteiger partial charge in [-0.15, -0.1) is 0 Å². The van der Waals surface area contributed by atoms with E-state index in [2.05, 4.69) is 0 Å². The molecular formula is C8H15F2NO. The Labute approximate surface area is 70.8 Å². The summed E-state index contributed by atoms with van der Waals surface area (Å²) in [5.41, 5.74) is 5.22. The van der Waals surface area contributed by atoms with Gasteiger partial charge in [0.15, 0.2) is 0 Å². The van der Waals surface area contributed by atoms with Gasteiger partial charge in [-0.2, -0.15) is 0 Å². The SMILES string of the molecule is NCCC(O)C1CCC(F)(F)C1. The largest absolute Gasteiger partial charge is 0.393 e. The summed E-state index contributed by atoms with van der Waals surface area (Å²) in [6.07, 6.45) is -0.0362. The monoisotopic (exact) mass is 179 g/mol. The van der Waals surface area contributed by atoms with Gasteiger partial charge in [0.1, 0.15) is 0 Å². The first-order chi connectivity index (χ1) is 5.55. The lowest BCUT2D eigenvalue weighted by atomic mass is 9.98. The van der Waals surface area contributed by atoms with Crippen molar-refractivity contribution in [3.63, 3.8) is 0 Å². The molecule has 1 fully saturated rings. The van der Waals surface area contributed by atoms with Gasteiger partial charge in [-0.3, -0.25) is 0 Å². The number of nitrogens with two attached hydrogens (primary N) is 1. The smallest absolute Gasteiger partial charge is 0.248 e. The summed E-state index contributed by atoms with van der Waals surface area (Å²) in [5, 5.41) is 9.37. The Hall–Kier alpha value is -0.220. The van der Waals surface area contributed by atoms with Crippen molar-refractivity contribution >= 4 is 0 Å². The third-order valence-electron chi connectivity index (χ3n) is 2.45. The Morgan fingerprint density at radius 3 is 2.67 bits per heavy atom. The molecule has 1 rings (SSSR count). The standard InChI is InChI=1S/C8H15F2NO/c9-8(10)3-1-6(5-8)7(12)2-4-11/h6-7,12H,1-5,11H2. The highest BCUT2D eigenvalue weighted by atomic mass is 19.3. The molecule has 0 spiro atoms. The summed E-state index contributed by atoms with van der Waals surface area (Å²) in [5.74, 6) is -2.80. The van der Waals surface area contributed by atoms with Gasteiger partial charge in [0.2, 0.25) is 5.92 Å². The fourth-order valence-electron chi connectivity index (χ4n) is 1.72. The highest BCUT2D eigenvalue weighted by Gasteiger charge is 2.41. The Morgan fingerprint density at radius 1 is 1.58 bits per heavy atom. The second-order valence-electron chi connectivity index (χ2n) is 3.50. The number of aliphatic hydroxyl groups is 1. The molecule has 2 unspecified atom stereocenters. The Kier molecular flexibility index (Phi) is 3.01. The zero-order chi connectivity index (χ0) is 9.19.